The molecule has 1 heterocycles. The van der Waals surface area contributed by atoms with Gasteiger partial charge in [-0.3, -0.25) is 4.90 Å². The smallest absolute Gasteiger partial charge is 0.0617 e. The van der Waals surface area contributed by atoms with Crippen LogP contribution in [0.15, 0.2) is 0 Å². The quantitative estimate of drug-likeness (QED) is 0.795. The minimum Gasteiger partial charge on any atom is -0.383 e. The van der Waals surface area contributed by atoms with Crippen LogP contribution in [-0.2, 0) is 4.74 Å². The van der Waals surface area contributed by atoms with E-state index in [1.165, 1.54) is 32.4 Å². The predicted molar refractivity (Wildman–Crippen MR) is 68.8 cm³/mol. The van der Waals surface area contributed by atoms with Crippen LogP contribution in [0.4, 0.5) is 0 Å². The normalized spacial score (nSPS) is 30.8. The summed E-state index contributed by atoms with van der Waals surface area (Å²) in [5.74, 6) is 0. The van der Waals surface area contributed by atoms with Crippen molar-refractivity contribution in [2.75, 3.05) is 26.8 Å². The molecule has 1 saturated heterocycles. The van der Waals surface area contributed by atoms with Crippen LogP contribution in [0.5, 0.6) is 0 Å². The van der Waals surface area contributed by atoms with Gasteiger partial charge < -0.3 is 10.1 Å². The lowest BCUT2D eigenvalue weighted by atomic mass is 10.1. The number of hydrogen-bond acceptors (Lipinski definition) is 3. The fourth-order valence-electron chi connectivity index (χ4n) is 2.52. The summed E-state index contributed by atoms with van der Waals surface area (Å²) in [6, 6.07) is 1.87. The highest BCUT2D eigenvalue weighted by molar-refractivity contribution is 4.78. The molecule has 3 nitrogen and oxygen atoms in total. The number of methoxy groups -OCH3 is 1. The highest BCUT2D eigenvalue weighted by Gasteiger charge is 2.21. The first-order chi connectivity index (χ1) is 7.67. The molecule has 1 N–H and O–H groups in total. The minimum absolute atomic E-state index is 0.600. The maximum absolute atomic E-state index is 5.32. The third-order valence-corrected chi connectivity index (χ3v) is 3.61. The summed E-state index contributed by atoms with van der Waals surface area (Å²) in [6.45, 7) is 10.1. The van der Waals surface area contributed by atoms with E-state index in [-0.39, 0.29) is 0 Å². The maximum atomic E-state index is 5.32. The van der Waals surface area contributed by atoms with E-state index in [4.69, 9.17) is 4.74 Å². The summed E-state index contributed by atoms with van der Waals surface area (Å²) in [7, 11) is 1.81. The van der Waals surface area contributed by atoms with Crippen molar-refractivity contribution in [3.05, 3.63) is 0 Å². The Morgan fingerprint density at radius 1 is 1.25 bits per heavy atom. The molecule has 16 heavy (non-hydrogen) atoms. The van der Waals surface area contributed by atoms with Gasteiger partial charge in [0, 0.05) is 25.2 Å². The fraction of sp³-hybridized carbons (Fsp3) is 1.00. The van der Waals surface area contributed by atoms with Crippen molar-refractivity contribution in [1.29, 1.82) is 0 Å². The Hall–Kier alpha value is -0.120. The lowest BCUT2D eigenvalue weighted by molar-refractivity contribution is 0.0768. The van der Waals surface area contributed by atoms with Crippen molar-refractivity contribution in [2.45, 2.75) is 58.2 Å². The highest BCUT2D eigenvalue weighted by atomic mass is 16.5. The fourth-order valence-corrected chi connectivity index (χ4v) is 2.52. The van der Waals surface area contributed by atoms with E-state index in [0.717, 1.165) is 6.61 Å². The Bertz CT molecular complexity index is 175. The molecule has 3 atom stereocenters. The molecular weight excluding hydrogens is 200 g/mol. The number of hydrogen-bond donors (Lipinski definition) is 1. The van der Waals surface area contributed by atoms with E-state index in [2.05, 4.69) is 31.0 Å². The van der Waals surface area contributed by atoms with Gasteiger partial charge in [-0.2, -0.15) is 0 Å². The molecule has 0 aromatic carbocycles. The first kappa shape index (κ1) is 13.9. The molecule has 0 radical (unpaired) electrons. The Kier molecular flexibility index (Phi) is 6.32. The lowest BCUT2D eigenvalue weighted by Crippen LogP contribution is -2.47. The first-order valence-corrected chi connectivity index (χ1v) is 6.66. The average Bonchev–Trinajstić information content (AvgIpc) is 2.24. The summed E-state index contributed by atoms with van der Waals surface area (Å²) in [5.41, 5.74) is 0. The summed E-state index contributed by atoms with van der Waals surface area (Å²) < 4.78 is 5.32. The molecule has 0 bridgehead atoms. The van der Waals surface area contributed by atoms with E-state index in [1.54, 1.807) is 7.11 Å². The van der Waals surface area contributed by atoms with Gasteiger partial charge in [0.1, 0.15) is 0 Å². The Morgan fingerprint density at radius 3 is 2.25 bits per heavy atom. The van der Waals surface area contributed by atoms with Crippen LogP contribution < -0.4 is 5.32 Å². The van der Waals surface area contributed by atoms with Crippen molar-refractivity contribution in [3.63, 3.8) is 0 Å². The molecule has 1 fully saturated rings. The molecule has 1 aliphatic rings. The van der Waals surface area contributed by atoms with E-state index in [1.807, 2.05) is 0 Å². The largest absolute Gasteiger partial charge is 0.383 e. The van der Waals surface area contributed by atoms with E-state index in [9.17, 15) is 0 Å². The van der Waals surface area contributed by atoms with Crippen molar-refractivity contribution < 1.29 is 4.74 Å². The third kappa shape index (κ3) is 4.40. The van der Waals surface area contributed by atoms with Crippen molar-refractivity contribution in [2.24, 2.45) is 0 Å². The van der Waals surface area contributed by atoms with Crippen LogP contribution in [0.2, 0.25) is 0 Å². The van der Waals surface area contributed by atoms with Crippen LogP contribution in [0.25, 0.3) is 0 Å². The van der Waals surface area contributed by atoms with E-state index >= 15 is 0 Å². The third-order valence-electron chi connectivity index (χ3n) is 3.61. The molecule has 0 aromatic heterocycles. The van der Waals surface area contributed by atoms with Crippen molar-refractivity contribution in [1.82, 2.24) is 10.2 Å². The van der Waals surface area contributed by atoms with Gasteiger partial charge in [-0.1, -0.05) is 6.92 Å². The van der Waals surface area contributed by atoms with Gasteiger partial charge in [-0.05, 0) is 46.2 Å². The van der Waals surface area contributed by atoms with Gasteiger partial charge in [-0.25, -0.2) is 0 Å². The number of nitrogens with one attached hydrogen (secondary N) is 1. The topological polar surface area (TPSA) is 24.5 Å². The SMILES string of the molecule is CCC(COC)N1CCC(C)NC(C)CC1. The second kappa shape index (κ2) is 7.25. The molecule has 3 unspecified atom stereocenters. The van der Waals surface area contributed by atoms with Crippen LogP contribution in [0.1, 0.15) is 40.0 Å². The molecule has 1 rings (SSSR count). The van der Waals surface area contributed by atoms with Crippen LogP contribution >= 0.6 is 0 Å². The molecule has 1 aliphatic heterocycles. The van der Waals surface area contributed by atoms with Crippen molar-refractivity contribution in [3.8, 4) is 0 Å². The highest BCUT2D eigenvalue weighted by Crippen LogP contribution is 2.12. The van der Waals surface area contributed by atoms with Gasteiger partial charge in [-0.15, -0.1) is 0 Å². The molecule has 96 valence electrons. The zero-order chi connectivity index (χ0) is 12.0. The Labute approximate surface area is 101 Å². The Balaban J connectivity index is 2.50. The number of nitrogens with zero attached hydrogens (tertiary/aromatic N) is 1. The zero-order valence-electron chi connectivity index (χ0n) is 11.3. The summed E-state index contributed by atoms with van der Waals surface area (Å²) in [6.07, 6.45) is 3.67. The van der Waals surface area contributed by atoms with Gasteiger partial charge in [0.15, 0.2) is 0 Å². The summed E-state index contributed by atoms with van der Waals surface area (Å²) >= 11 is 0. The molecule has 0 aliphatic carbocycles. The first-order valence-electron chi connectivity index (χ1n) is 6.66. The van der Waals surface area contributed by atoms with Gasteiger partial charge in [0.2, 0.25) is 0 Å². The monoisotopic (exact) mass is 228 g/mol. The van der Waals surface area contributed by atoms with E-state index in [0.29, 0.717) is 18.1 Å². The van der Waals surface area contributed by atoms with Gasteiger partial charge in [0.25, 0.3) is 0 Å². The van der Waals surface area contributed by atoms with Gasteiger partial charge in [0.05, 0.1) is 6.61 Å². The molecule has 0 saturated carbocycles. The van der Waals surface area contributed by atoms with Crippen LogP contribution in [0.3, 0.4) is 0 Å². The van der Waals surface area contributed by atoms with Crippen LogP contribution in [-0.4, -0.2) is 49.8 Å². The molecule has 0 aromatic rings. The van der Waals surface area contributed by atoms with Gasteiger partial charge >= 0.3 is 0 Å². The van der Waals surface area contributed by atoms with E-state index < -0.39 is 0 Å². The minimum atomic E-state index is 0.600. The maximum Gasteiger partial charge on any atom is 0.0617 e. The lowest BCUT2D eigenvalue weighted by Gasteiger charge is -2.35. The number of ether oxygens (including phenoxy) is 1. The zero-order valence-corrected chi connectivity index (χ0v) is 11.3. The summed E-state index contributed by atoms with van der Waals surface area (Å²) in [5, 5.41) is 3.63. The number of rotatable bonds is 4. The average molecular weight is 228 g/mol. The molecule has 3 heteroatoms. The predicted octanol–water partition coefficient (Wildman–Crippen LogP) is 1.87. The van der Waals surface area contributed by atoms with Crippen LogP contribution in [0, 0.1) is 0 Å². The standard InChI is InChI=1S/C13H28N2O/c1-5-13(10-16-4)15-8-6-11(2)14-12(3)7-9-15/h11-14H,5-10H2,1-4H3. The summed E-state index contributed by atoms with van der Waals surface area (Å²) in [4.78, 5) is 2.61. The molecule has 0 spiro atoms. The molecular formula is C13H28N2O. The molecule has 0 amide bonds. The second-order valence-electron chi connectivity index (χ2n) is 5.10. The second-order valence-corrected chi connectivity index (χ2v) is 5.10. The Morgan fingerprint density at radius 2 is 1.81 bits per heavy atom. The van der Waals surface area contributed by atoms with Crippen molar-refractivity contribution >= 4 is 0 Å².